The van der Waals surface area contributed by atoms with Crippen molar-refractivity contribution in [2.24, 2.45) is 0 Å². The van der Waals surface area contributed by atoms with Crippen molar-refractivity contribution in [2.45, 2.75) is 79.8 Å². The van der Waals surface area contributed by atoms with Crippen LogP contribution in [0.5, 0.6) is 0 Å². The van der Waals surface area contributed by atoms with Crippen molar-refractivity contribution in [3.63, 3.8) is 0 Å². The molecule has 0 heterocycles. The third kappa shape index (κ3) is 10.1. The second-order valence-corrected chi connectivity index (χ2v) is 11.5. The predicted octanol–water partition coefficient (Wildman–Crippen LogP) is 7.70. The smallest absolute Gasteiger partial charge is 0.148 e. The highest BCUT2D eigenvalue weighted by Gasteiger charge is 2.39. The first-order valence-corrected chi connectivity index (χ1v) is 16.7. The fourth-order valence-corrected chi connectivity index (χ4v) is 5.49. The number of ether oxygens (including phenoxy) is 4. The Balaban J connectivity index is 0.00000576. The Morgan fingerprint density at radius 3 is 0.717 bits per heavy atom. The molecule has 0 spiro atoms. The van der Waals surface area contributed by atoms with E-state index in [1.807, 2.05) is 0 Å². The Morgan fingerprint density at radius 2 is 0.543 bits per heavy atom. The van der Waals surface area contributed by atoms with Crippen molar-refractivity contribution < 1.29 is 35.9 Å². The van der Waals surface area contributed by atoms with Gasteiger partial charge in [0.25, 0.3) is 0 Å². The molecule has 248 valence electrons. The summed E-state index contributed by atoms with van der Waals surface area (Å²) in [6, 6.07) is 35.6. The highest BCUT2D eigenvalue weighted by atomic mass is 79.9. The summed E-state index contributed by atoms with van der Waals surface area (Å²) in [7, 11) is 0. The highest BCUT2D eigenvalue weighted by molar-refractivity contribution is 5.81. The second kappa shape index (κ2) is 20.4. The zero-order chi connectivity index (χ0) is 31.7. The largest absolute Gasteiger partial charge is 1.00 e. The summed E-state index contributed by atoms with van der Waals surface area (Å²) in [5, 5.41) is 0. The van der Waals surface area contributed by atoms with Crippen molar-refractivity contribution in [3.05, 3.63) is 119 Å². The predicted molar refractivity (Wildman–Crippen MR) is 186 cm³/mol. The summed E-state index contributed by atoms with van der Waals surface area (Å²) in [6.07, 6.45) is 4.04. The van der Waals surface area contributed by atoms with Crippen LogP contribution >= 0.6 is 0 Å². The van der Waals surface area contributed by atoms with E-state index in [4.69, 9.17) is 18.9 Å². The Labute approximate surface area is 287 Å². The lowest BCUT2D eigenvalue weighted by Gasteiger charge is -2.37. The molecule has 0 aliphatic carbocycles. The van der Waals surface area contributed by atoms with Crippen LogP contribution in [0.4, 0.5) is 22.7 Å². The van der Waals surface area contributed by atoms with Gasteiger partial charge in [-0.1, -0.05) is 76.2 Å². The van der Waals surface area contributed by atoms with Gasteiger partial charge in [-0.05, 0) is 47.9 Å². The number of rotatable bonds is 20. The van der Waals surface area contributed by atoms with Crippen LogP contribution in [-0.2, 0) is 45.4 Å². The molecule has 4 aromatic carbocycles. The number of quaternary nitrogens is 1. The van der Waals surface area contributed by atoms with Crippen LogP contribution in [0.3, 0.4) is 0 Å². The van der Waals surface area contributed by atoms with E-state index in [2.05, 4.69) is 125 Å². The maximum Gasteiger partial charge on any atom is 0.148 e. The highest BCUT2D eigenvalue weighted by Crippen LogP contribution is 2.51. The molecule has 0 fully saturated rings. The maximum atomic E-state index is 5.87. The van der Waals surface area contributed by atoms with E-state index >= 15 is 0 Å². The van der Waals surface area contributed by atoms with Gasteiger partial charge in [0.15, 0.2) is 0 Å². The van der Waals surface area contributed by atoms with Gasteiger partial charge in [-0.15, -0.1) is 0 Å². The van der Waals surface area contributed by atoms with Crippen molar-refractivity contribution in [1.29, 1.82) is 0 Å². The number of hydrogen-bond donors (Lipinski definition) is 0. The zero-order valence-corrected chi connectivity index (χ0v) is 29.8. The van der Waals surface area contributed by atoms with Gasteiger partial charge in [-0.3, -0.25) is 0 Å². The molecule has 0 atom stereocenters. The molecule has 0 saturated heterocycles. The summed E-state index contributed by atoms with van der Waals surface area (Å²) in [6.45, 7) is 14.0. The molecular formula is C40H52BrNO4. The van der Waals surface area contributed by atoms with Gasteiger partial charge in [0.05, 0.1) is 26.4 Å². The minimum Gasteiger partial charge on any atom is -1.00 e. The lowest BCUT2D eigenvalue weighted by molar-refractivity contribution is -0.0000112. The third-order valence-corrected chi connectivity index (χ3v) is 7.76. The van der Waals surface area contributed by atoms with E-state index < -0.39 is 0 Å². The molecule has 0 unspecified atom stereocenters. The van der Waals surface area contributed by atoms with Crippen LogP contribution in [0.2, 0.25) is 0 Å². The molecule has 0 amide bonds. The average molecular weight is 691 g/mol. The molecule has 5 nitrogen and oxygen atoms in total. The molecule has 0 saturated carbocycles. The molecule has 4 rings (SSSR count). The van der Waals surface area contributed by atoms with E-state index in [0.29, 0.717) is 30.9 Å². The van der Waals surface area contributed by atoms with Gasteiger partial charge >= 0.3 is 0 Å². The van der Waals surface area contributed by atoms with E-state index in [1.165, 1.54) is 22.3 Å². The standard InChI is InChI=1S/C40H52NO4.BrH/c1-5-25-42-29-33-9-17-37(18-10-33)41(38-19-11-34(12-20-38)30-43-26-6-2,39-21-13-35(14-22-39)31-44-27-7-3)40-23-15-36(16-24-40)32-45-28-8-4;/h9-24H,5-8,25-32H2,1-4H3;1H/q+1;/p-1. The zero-order valence-electron chi connectivity index (χ0n) is 28.2. The van der Waals surface area contributed by atoms with E-state index in [9.17, 15) is 0 Å². The van der Waals surface area contributed by atoms with Crippen LogP contribution in [0.15, 0.2) is 97.1 Å². The first-order valence-electron chi connectivity index (χ1n) is 16.7. The number of halogens is 1. The van der Waals surface area contributed by atoms with Gasteiger partial charge in [0.1, 0.15) is 22.7 Å². The molecule has 0 aromatic heterocycles. The fraction of sp³-hybridized carbons (Fsp3) is 0.400. The normalized spacial score (nSPS) is 11.4. The number of benzene rings is 4. The quantitative estimate of drug-likeness (QED) is 0.0704. The maximum absolute atomic E-state index is 5.87. The molecule has 6 heteroatoms. The lowest BCUT2D eigenvalue weighted by atomic mass is 10.0. The topological polar surface area (TPSA) is 36.9 Å². The Hall–Kier alpha value is -2.84. The van der Waals surface area contributed by atoms with Crippen molar-refractivity contribution >= 4 is 22.7 Å². The molecule has 46 heavy (non-hydrogen) atoms. The molecule has 0 N–H and O–H groups in total. The van der Waals surface area contributed by atoms with Gasteiger partial charge < -0.3 is 35.9 Å². The Bertz CT molecular complexity index is 1150. The van der Waals surface area contributed by atoms with Crippen molar-refractivity contribution in [3.8, 4) is 0 Å². The molecular weight excluding hydrogens is 638 g/mol. The first kappa shape index (κ1) is 37.6. The van der Waals surface area contributed by atoms with Crippen LogP contribution in [0.25, 0.3) is 0 Å². The molecule has 0 aliphatic rings. The minimum atomic E-state index is 0. The lowest BCUT2D eigenvalue weighted by Crippen LogP contribution is -3.00. The molecule has 0 bridgehead atoms. The Morgan fingerprint density at radius 1 is 0.348 bits per heavy atom. The monoisotopic (exact) mass is 689 g/mol. The van der Waals surface area contributed by atoms with E-state index in [0.717, 1.165) is 74.9 Å². The van der Waals surface area contributed by atoms with Crippen LogP contribution in [-0.4, -0.2) is 26.4 Å². The van der Waals surface area contributed by atoms with E-state index in [-0.39, 0.29) is 17.0 Å². The second-order valence-electron chi connectivity index (χ2n) is 11.5. The molecule has 4 aromatic rings. The van der Waals surface area contributed by atoms with Gasteiger partial charge in [0, 0.05) is 75.0 Å². The number of nitrogens with zero attached hydrogens (tertiary/aromatic N) is 1. The summed E-state index contributed by atoms with van der Waals surface area (Å²) < 4.78 is 23.9. The molecule has 0 radical (unpaired) electrons. The average Bonchev–Trinajstić information content (AvgIpc) is 3.08. The van der Waals surface area contributed by atoms with Crippen molar-refractivity contribution in [2.75, 3.05) is 26.4 Å². The minimum absolute atomic E-state index is 0. The van der Waals surface area contributed by atoms with Crippen LogP contribution in [0.1, 0.15) is 75.6 Å². The van der Waals surface area contributed by atoms with Gasteiger partial charge in [-0.2, -0.15) is 4.48 Å². The first-order chi connectivity index (χ1) is 22.1. The Kier molecular flexibility index (Phi) is 16.7. The SMILES string of the molecule is CCCOCc1ccc([N+](c2ccc(COCCC)cc2)(c2ccc(COCCC)cc2)c2ccc(COCCC)cc2)cc1.[Br-]. The summed E-state index contributed by atoms with van der Waals surface area (Å²) in [4.78, 5) is 0. The van der Waals surface area contributed by atoms with Crippen LogP contribution < -0.4 is 21.5 Å². The van der Waals surface area contributed by atoms with Gasteiger partial charge in [0.2, 0.25) is 0 Å². The molecule has 0 aliphatic heterocycles. The van der Waals surface area contributed by atoms with E-state index in [1.54, 1.807) is 0 Å². The van der Waals surface area contributed by atoms with Gasteiger partial charge in [-0.25, -0.2) is 0 Å². The third-order valence-electron chi connectivity index (χ3n) is 7.76. The van der Waals surface area contributed by atoms with Crippen LogP contribution in [0, 0.1) is 0 Å². The summed E-state index contributed by atoms with van der Waals surface area (Å²) in [5.41, 5.74) is 9.26. The fourth-order valence-electron chi connectivity index (χ4n) is 5.49. The summed E-state index contributed by atoms with van der Waals surface area (Å²) >= 11 is 0. The summed E-state index contributed by atoms with van der Waals surface area (Å²) in [5.74, 6) is 0. The number of hydrogen-bond acceptors (Lipinski definition) is 4. The van der Waals surface area contributed by atoms with Crippen molar-refractivity contribution in [1.82, 2.24) is 4.48 Å².